The third-order valence-electron chi connectivity index (χ3n) is 3.69. The minimum absolute atomic E-state index is 0.0940. The number of para-hydroxylation sites is 1. The molecule has 0 radical (unpaired) electrons. The van der Waals surface area contributed by atoms with Gasteiger partial charge in [0.15, 0.2) is 5.78 Å². The summed E-state index contributed by atoms with van der Waals surface area (Å²) < 4.78 is 0. The first-order chi connectivity index (χ1) is 9.61. The highest BCUT2D eigenvalue weighted by Gasteiger charge is 2.36. The van der Waals surface area contributed by atoms with Gasteiger partial charge in [-0.1, -0.05) is 18.2 Å². The van der Waals surface area contributed by atoms with E-state index in [0.717, 1.165) is 11.0 Å². The molecule has 1 heterocycles. The molecule has 1 aliphatic heterocycles. The van der Waals surface area contributed by atoms with Gasteiger partial charge in [0.2, 0.25) is 0 Å². The number of fused-ring (bicyclic) bond motifs is 2. The van der Waals surface area contributed by atoms with Crippen molar-refractivity contribution < 1.29 is 9.59 Å². The van der Waals surface area contributed by atoms with Gasteiger partial charge in [-0.2, -0.15) is 0 Å². The lowest BCUT2D eigenvalue weighted by molar-refractivity contribution is -0.116. The highest BCUT2D eigenvalue weighted by atomic mass is 31.0. The van der Waals surface area contributed by atoms with Gasteiger partial charge in [-0.3, -0.25) is 9.59 Å². The summed E-state index contributed by atoms with van der Waals surface area (Å²) in [5.41, 5.74) is 2.13. The number of hydrogen-bond donors (Lipinski definition) is 2. The summed E-state index contributed by atoms with van der Waals surface area (Å²) in [6.45, 7) is 0. The van der Waals surface area contributed by atoms with Crippen molar-refractivity contribution in [2.24, 2.45) is 5.92 Å². The SMILES string of the molecule is CNC(=O)C1=CC2Nc3ccccc3C(=O)C2C=C1P. The monoisotopic (exact) mass is 286 g/mol. The topological polar surface area (TPSA) is 58.2 Å². The normalized spacial score (nSPS) is 23.8. The van der Waals surface area contributed by atoms with Gasteiger partial charge in [-0.05, 0) is 23.5 Å². The van der Waals surface area contributed by atoms with E-state index < -0.39 is 0 Å². The van der Waals surface area contributed by atoms with Crippen LogP contribution in [0.15, 0.2) is 47.3 Å². The molecule has 0 spiro atoms. The van der Waals surface area contributed by atoms with Crippen LogP contribution in [-0.2, 0) is 4.79 Å². The molecule has 1 aromatic rings. The number of anilines is 1. The summed E-state index contributed by atoms with van der Waals surface area (Å²) in [5, 5.41) is 6.71. The van der Waals surface area contributed by atoms with Crippen LogP contribution in [0.5, 0.6) is 0 Å². The highest BCUT2D eigenvalue weighted by molar-refractivity contribution is 7.23. The molecule has 0 fully saturated rings. The number of hydrogen-bond acceptors (Lipinski definition) is 3. The van der Waals surface area contributed by atoms with E-state index >= 15 is 0 Å². The minimum atomic E-state index is -0.259. The number of carbonyl (C=O) groups is 2. The molecule has 2 aliphatic rings. The van der Waals surface area contributed by atoms with Crippen LogP contribution < -0.4 is 10.6 Å². The van der Waals surface area contributed by atoms with Crippen molar-refractivity contribution in [3.8, 4) is 0 Å². The number of likely N-dealkylation sites (N-methyl/N-ethyl adjacent to an activating group) is 1. The van der Waals surface area contributed by atoms with Gasteiger partial charge in [0.05, 0.1) is 12.0 Å². The van der Waals surface area contributed by atoms with Crippen molar-refractivity contribution in [2.75, 3.05) is 12.4 Å². The molecule has 0 bridgehead atoms. The van der Waals surface area contributed by atoms with E-state index in [1.165, 1.54) is 0 Å². The zero-order valence-corrected chi connectivity index (χ0v) is 12.2. The van der Waals surface area contributed by atoms with E-state index in [4.69, 9.17) is 0 Å². The Hall–Kier alpha value is -1.93. The van der Waals surface area contributed by atoms with Crippen LogP contribution in [0.2, 0.25) is 0 Å². The van der Waals surface area contributed by atoms with E-state index in [0.29, 0.717) is 11.1 Å². The molecule has 1 aliphatic carbocycles. The second-order valence-electron chi connectivity index (χ2n) is 4.89. The Kier molecular flexibility index (Phi) is 3.19. The zero-order valence-electron chi connectivity index (χ0n) is 11.0. The van der Waals surface area contributed by atoms with Crippen LogP contribution in [0.1, 0.15) is 10.4 Å². The summed E-state index contributed by atoms with van der Waals surface area (Å²) in [5.74, 6) is -0.305. The summed E-state index contributed by atoms with van der Waals surface area (Å²) in [7, 11) is 4.14. The summed E-state index contributed by atoms with van der Waals surface area (Å²) >= 11 is 0. The molecular weight excluding hydrogens is 271 g/mol. The summed E-state index contributed by atoms with van der Waals surface area (Å²) in [4.78, 5) is 24.4. The highest BCUT2D eigenvalue weighted by Crippen LogP contribution is 2.36. The van der Waals surface area contributed by atoms with E-state index in [-0.39, 0.29) is 23.7 Å². The fraction of sp³-hybridized carbons (Fsp3) is 0.200. The molecule has 3 atom stereocenters. The fourth-order valence-corrected chi connectivity index (χ4v) is 3.10. The Morgan fingerprint density at radius 1 is 1.30 bits per heavy atom. The lowest BCUT2D eigenvalue weighted by atomic mass is 9.81. The maximum atomic E-state index is 12.5. The molecule has 0 aromatic heterocycles. The van der Waals surface area contributed by atoms with Gasteiger partial charge in [-0.15, -0.1) is 9.24 Å². The molecule has 102 valence electrons. The quantitative estimate of drug-likeness (QED) is 0.773. The lowest BCUT2D eigenvalue weighted by Gasteiger charge is -2.33. The molecule has 1 amide bonds. The van der Waals surface area contributed by atoms with E-state index in [1.54, 1.807) is 7.05 Å². The van der Waals surface area contributed by atoms with Crippen LogP contribution in [0.3, 0.4) is 0 Å². The van der Waals surface area contributed by atoms with Crippen molar-refractivity contribution in [1.29, 1.82) is 0 Å². The Morgan fingerprint density at radius 2 is 2.05 bits per heavy atom. The predicted octanol–water partition coefficient (Wildman–Crippen LogP) is 1.72. The minimum Gasteiger partial charge on any atom is -0.377 e. The van der Waals surface area contributed by atoms with E-state index in [9.17, 15) is 9.59 Å². The molecule has 4 nitrogen and oxygen atoms in total. The molecule has 0 saturated carbocycles. The Labute approximate surface area is 119 Å². The maximum absolute atomic E-state index is 12.5. The molecule has 1 aromatic carbocycles. The zero-order chi connectivity index (χ0) is 14.3. The van der Waals surface area contributed by atoms with Crippen LogP contribution in [0.4, 0.5) is 5.69 Å². The Balaban J connectivity index is 2.03. The van der Waals surface area contributed by atoms with Crippen LogP contribution in [0, 0.1) is 5.92 Å². The van der Waals surface area contributed by atoms with Gasteiger partial charge < -0.3 is 10.6 Å². The molecule has 5 heteroatoms. The fourth-order valence-electron chi connectivity index (χ4n) is 2.66. The molecule has 20 heavy (non-hydrogen) atoms. The van der Waals surface area contributed by atoms with Crippen LogP contribution in [0.25, 0.3) is 0 Å². The third kappa shape index (κ3) is 1.97. The summed E-state index contributed by atoms with van der Waals surface area (Å²) in [6, 6.07) is 7.29. The average Bonchev–Trinajstić information content (AvgIpc) is 2.47. The third-order valence-corrected chi connectivity index (χ3v) is 4.20. The van der Waals surface area contributed by atoms with Gasteiger partial charge in [0.1, 0.15) is 0 Å². The second kappa shape index (κ2) is 4.88. The Bertz CT molecular complexity index is 664. The largest absolute Gasteiger partial charge is 0.377 e. The number of carbonyl (C=O) groups excluding carboxylic acids is 2. The molecular formula is C15H15N2O2P. The number of amides is 1. The first-order valence-electron chi connectivity index (χ1n) is 6.43. The first kappa shape index (κ1) is 13.1. The number of rotatable bonds is 1. The first-order valence-corrected chi connectivity index (χ1v) is 7.01. The van der Waals surface area contributed by atoms with Crippen molar-refractivity contribution in [3.63, 3.8) is 0 Å². The van der Waals surface area contributed by atoms with Gasteiger partial charge in [-0.25, -0.2) is 0 Å². The van der Waals surface area contributed by atoms with E-state index in [1.807, 2.05) is 36.4 Å². The second-order valence-corrected chi connectivity index (χ2v) is 5.51. The van der Waals surface area contributed by atoms with Crippen molar-refractivity contribution >= 4 is 26.6 Å². The molecule has 2 N–H and O–H groups in total. The van der Waals surface area contributed by atoms with Gasteiger partial charge >= 0.3 is 0 Å². The molecule has 3 rings (SSSR count). The predicted molar refractivity (Wildman–Crippen MR) is 81.6 cm³/mol. The van der Waals surface area contributed by atoms with Gasteiger partial charge in [0, 0.05) is 23.9 Å². The van der Waals surface area contributed by atoms with E-state index in [2.05, 4.69) is 19.9 Å². The van der Waals surface area contributed by atoms with Crippen molar-refractivity contribution in [2.45, 2.75) is 6.04 Å². The maximum Gasteiger partial charge on any atom is 0.251 e. The number of Topliss-reactive ketones (excluding diaryl/α,β-unsaturated/α-hetero) is 1. The van der Waals surface area contributed by atoms with Crippen molar-refractivity contribution in [3.05, 3.63) is 52.9 Å². The smallest absolute Gasteiger partial charge is 0.251 e. The lowest BCUT2D eigenvalue weighted by Crippen LogP contribution is -2.40. The summed E-state index contributed by atoms with van der Waals surface area (Å²) in [6.07, 6.45) is 3.69. The van der Waals surface area contributed by atoms with Gasteiger partial charge in [0.25, 0.3) is 5.91 Å². The number of ketones is 1. The molecule has 3 unspecified atom stereocenters. The average molecular weight is 286 g/mol. The number of benzene rings is 1. The Morgan fingerprint density at radius 3 is 2.80 bits per heavy atom. The van der Waals surface area contributed by atoms with Crippen molar-refractivity contribution in [1.82, 2.24) is 5.32 Å². The standard InChI is InChI=1S/C15H15N2O2P/c1-16-15(19)10-6-12-9(7-13(10)20)14(18)8-4-2-3-5-11(8)17-12/h2-7,9,12,17H,20H2,1H3,(H,16,19). The van der Waals surface area contributed by atoms with Crippen LogP contribution >= 0.6 is 9.24 Å². The van der Waals surface area contributed by atoms with Crippen LogP contribution in [-0.4, -0.2) is 24.8 Å². The number of nitrogens with one attached hydrogen (secondary N) is 2. The molecule has 0 saturated heterocycles.